The maximum absolute atomic E-state index is 14.0. The largest absolute Gasteiger partial charge is 0.381 e. The average molecular weight is 551 g/mol. The molecule has 40 heavy (non-hydrogen) atoms. The molecule has 2 aromatic rings. The monoisotopic (exact) mass is 550 g/mol. The smallest absolute Gasteiger partial charge is 0.251 e. The Hall–Kier alpha value is -3.46. The molecule has 2 fully saturated rings. The lowest BCUT2D eigenvalue weighted by Crippen LogP contribution is -2.58. The van der Waals surface area contributed by atoms with Crippen molar-refractivity contribution < 1.29 is 24.3 Å². The van der Waals surface area contributed by atoms with E-state index >= 15 is 0 Å². The van der Waals surface area contributed by atoms with E-state index in [0.29, 0.717) is 37.3 Å². The minimum Gasteiger partial charge on any atom is -0.381 e. The Kier molecular flexibility index (Phi) is 9.79. The molecule has 1 saturated heterocycles. The highest BCUT2D eigenvalue weighted by Gasteiger charge is 2.40. The third-order valence-electron chi connectivity index (χ3n) is 8.41. The minimum atomic E-state index is -1.53. The molecule has 9 heteroatoms. The number of primary amides is 1. The zero-order valence-corrected chi connectivity index (χ0v) is 23.5. The van der Waals surface area contributed by atoms with Crippen molar-refractivity contribution in [2.24, 2.45) is 17.6 Å². The van der Waals surface area contributed by atoms with Gasteiger partial charge in [-0.15, -0.1) is 0 Å². The highest BCUT2D eigenvalue weighted by Crippen LogP contribution is 2.29. The van der Waals surface area contributed by atoms with Crippen molar-refractivity contribution in [1.82, 2.24) is 15.5 Å². The number of aliphatic hydroxyl groups excluding tert-OH is 1. The van der Waals surface area contributed by atoms with E-state index in [1.165, 1.54) is 6.42 Å². The van der Waals surface area contributed by atoms with E-state index in [4.69, 9.17) is 5.73 Å². The maximum atomic E-state index is 14.0. The molecular formula is C31H42N4O5. The van der Waals surface area contributed by atoms with Crippen molar-refractivity contribution in [2.45, 2.75) is 89.4 Å². The Labute approximate surface area is 235 Å². The molecule has 2 aliphatic rings. The lowest BCUT2D eigenvalue weighted by molar-refractivity contribution is -0.141. The predicted molar refractivity (Wildman–Crippen MR) is 153 cm³/mol. The topological polar surface area (TPSA) is 142 Å². The van der Waals surface area contributed by atoms with Gasteiger partial charge in [-0.05, 0) is 54.0 Å². The van der Waals surface area contributed by atoms with Crippen LogP contribution in [0.3, 0.4) is 0 Å². The van der Waals surface area contributed by atoms with Gasteiger partial charge in [0.15, 0.2) is 6.10 Å². The number of rotatable bonds is 10. The minimum absolute atomic E-state index is 0.253. The van der Waals surface area contributed by atoms with Crippen molar-refractivity contribution >= 4 is 34.4 Å². The molecular weight excluding hydrogens is 508 g/mol. The van der Waals surface area contributed by atoms with Gasteiger partial charge in [-0.25, -0.2) is 0 Å². The van der Waals surface area contributed by atoms with Gasteiger partial charge in [0.05, 0.1) is 6.04 Å². The molecule has 0 aromatic heterocycles. The Balaban J connectivity index is 1.52. The second kappa shape index (κ2) is 13.3. The van der Waals surface area contributed by atoms with Gasteiger partial charge in [0, 0.05) is 12.1 Å². The van der Waals surface area contributed by atoms with Gasteiger partial charge < -0.3 is 26.4 Å². The first-order valence-corrected chi connectivity index (χ1v) is 14.5. The Morgan fingerprint density at radius 3 is 2.33 bits per heavy atom. The SMILES string of the molecule is CC(C)C(NC(=O)[C@@H]1CCCN1C(=O)C(CC1CCCCC1)NC(=O)c1ccc2ccccc2c1)C(O)C(N)=O. The molecule has 3 unspecified atom stereocenters. The normalized spacial score (nSPS) is 20.2. The molecule has 1 saturated carbocycles. The number of benzene rings is 2. The summed E-state index contributed by atoms with van der Waals surface area (Å²) in [6, 6.07) is 10.9. The van der Waals surface area contributed by atoms with E-state index in [1.807, 2.05) is 36.4 Å². The number of hydrogen-bond acceptors (Lipinski definition) is 5. The van der Waals surface area contributed by atoms with E-state index < -0.39 is 36.0 Å². The fourth-order valence-corrected chi connectivity index (χ4v) is 6.10. The third kappa shape index (κ3) is 6.99. The number of fused-ring (bicyclic) bond motifs is 1. The van der Waals surface area contributed by atoms with E-state index in [1.54, 1.807) is 24.8 Å². The maximum Gasteiger partial charge on any atom is 0.251 e. The highest BCUT2D eigenvalue weighted by molar-refractivity contribution is 6.01. The van der Waals surface area contributed by atoms with Gasteiger partial charge in [-0.2, -0.15) is 0 Å². The highest BCUT2D eigenvalue weighted by atomic mass is 16.3. The van der Waals surface area contributed by atoms with Gasteiger partial charge >= 0.3 is 0 Å². The summed E-state index contributed by atoms with van der Waals surface area (Å²) in [5.74, 6) is -1.86. The zero-order chi connectivity index (χ0) is 28.8. The number of amides is 4. The number of carbonyl (C=O) groups excluding carboxylic acids is 4. The second-order valence-electron chi connectivity index (χ2n) is 11.6. The number of hydrogen-bond donors (Lipinski definition) is 4. The van der Waals surface area contributed by atoms with Gasteiger partial charge in [-0.1, -0.05) is 76.3 Å². The molecule has 0 bridgehead atoms. The molecule has 1 aliphatic heterocycles. The lowest BCUT2D eigenvalue weighted by atomic mass is 9.84. The summed E-state index contributed by atoms with van der Waals surface area (Å²) < 4.78 is 0. The predicted octanol–water partition coefficient (Wildman–Crippen LogP) is 2.89. The molecule has 5 N–H and O–H groups in total. The second-order valence-corrected chi connectivity index (χ2v) is 11.6. The van der Waals surface area contributed by atoms with Crippen LogP contribution in [0.25, 0.3) is 10.8 Å². The summed E-state index contributed by atoms with van der Waals surface area (Å²) in [5.41, 5.74) is 5.77. The summed E-state index contributed by atoms with van der Waals surface area (Å²) in [7, 11) is 0. The van der Waals surface area contributed by atoms with E-state index in [2.05, 4.69) is 10.6 Å². The first-order valence-electron chi connectivity index (χ1n) is 14.5. The fourth-order valence-electron chi connectivity index (χ4n) is 6.10. The summed E-state index contributed by atoms with van der Waals surface area (Å²) in [5, 5.41) is 18.0. The summed E-state index contributed by atoms with van der Waals surface area (Å²) in [6.07, 6.45) is 5.53. The van der Waals surface area contributed by atoms with Crippen molar-refractivity contribution in [2.75, 3.05) is 6.54 Å². The lowest BCUT2D eigenvalue weighted by Gasteiger charge is -2.33. The number of nitrogens with one attached hydrogen (secondary N) is 2. The summed E-state index contributed by atoms with van der Waals surface area (Å²) in [6.45, 7) is 3.95. The number of nitrogens with zero attached hydrogens (tertiary/aromatic N) is 1. The van der Waals surface area contributed by atoms with Crippen LogP contribution in [0.5, 0.6) is 0 Å². The molecule has 1 aliphatic carbocycles. The van der Waals surface area contributed by atoms with E-state index in [-0.39, 0.29) is 17.7 Å². The zero-order valence-electron chi connectivity index (χ0n) is 23.5. The quantitative estimate of drug-likeness (QED) is 0.360. The van der Waals surface area contributed by atoms with Crippen LogP contribution < -0.4 is 16.4 Å². The van der Waals surface area contributed by atoms with Crippen molar-refractivity contribution in [1.29, 1.82) is 0 Å². The van der Waals surface area contributed by atoms with Crippen LogP contribution in [0.4, 0.5) is 0 Å². The van der Waals surface area contributed by atoms with Gasteiger partial charge in [0.25, 0.3) is 5.91 Å². The van der Waals surface area contributed by atoms with Crippen molar-refractivity contribution in [3.8, 4) is 0 Å². The number of likely N-dealkylation sites (tertiary alicyclic amines) is 1. The van der Waals surface area contributed by atoms with Gasteiger partial charge in [0.2, 0.25) is 17.7 Å². The summed E-state index contributed by atoms with van der Waals surface area (Å²) in [4.78, 5) is 53.9. The van der Waals surface area contributed by atoms with Crippen LogP contribution in [-0.4, -0.2) is 64.4 Å². The van der Waals surface area contributed by atoms with Crippen molar-refractivity contribution in [3.63, 3.8) is 0 Å². The van der Waals surface area contributed by atoms with Crippen LogP contribution >= 0.6 is 0 Å². The molecule has 4 atom stereocenters. The molecule has 0 radical (unpaired) electrons. The molecule has 4 amide bonds. The number of carbonyl (C=O) groups is 4. The van der Waals surface area contributed by atoms with Crippen molar-refractivity contribution in [3.05, 3.63) is 48.0 Å². The van der Waals surface area contributed by atoms with E-state index in [9.17, 15) is 24.3 Å². The van der Waals surface area contributed by atoms with Gasteiger partial charge in [-0.3, -0.25) is 19.2 Å². The van der Waals surface area contributed by atoms with Crippen LogP contribution in [0.15, 0.2) is 42.5 Å². The third-order valence-corrected chi connectivity index (χ3v) is 8.41. The van der Waals surface area contributed by atoms with Crippen LogP contribution in [0.2, 0.25) is 0 Å². The standard InChI is InChI=1S/C31H42N4O5/c1-19(2)26(27(36)28(32)37)34-30(39)25-13-8-16-35(25)31(40)24(17-20-9-4-3-5-10-20)33-29(38)23-15-14-21-11-6-7-12-22(21)18-23/h6-7,11-12,14-15,18-20,24-27,36H,3-5,8-10,13,16-17H2,1-2H3,(H2,32,37)(H,33,38)(H,34,39)/t24?,25-,26?,27?/m0/s1. The fraction of sp³-hybridized carbons (Fsp3) is 0.548. The molecule has 0 spiro atoms. The number of aliphatic hydroxyl groups is 1. The van der Waals surface area contributed by atoms with Crippen LogP contribution in [0.1, 0.15) is 75.6 Å². The number of nitrogens with two attached hydrogens (primary N) is 1. The van der Waals surface area contributed by atoms with Crippen LogP contribution in [0, 0.1) is 11.8 Å². The average Bonchev–Trinajstić information content (AvgIpc) is 3.45. The van der Waals surface area contributed by atoms with E-state index in [0.717, 1.165) is 36.5 Å². The first-order chi connectivity index (χ1) is 19.2. The van der Waals surface area contributed by atoms with Gasteiger partial charge in [0.1, 0.15) is 12.1 Å². The van der Waals surface area contributed by atoms with Crippen LogP contribution in [-0.2, 0) is 14.4 Å². The first kappa shape index (κ1) is 29.5. The Bertz CT molecular complexity index is 1230. The molecule has 1 heterocycles. The Morgan fingerprint density at radius 1 is 0.950 bits per heavy atom. The summed E-state index contributed by atoms with van der Waals surface area (Å²) >= 11 is 0. The molecule has 9 nitrogen and oxygen atoms in total. The molecule has 4 rings (SSSR count). The molecule has 2 aromatic carbocycles. The Morgan fingerprint density at radius 2 is 1.65 bits per heavy atom. The molecule has 216 valence electrons.